The average molecular weight is 820 g/mol. The zero-order valence-corrected chi connectivity index (χ0v) is 33.5. The van der Waals surface area contributed by atoms with Crippen molar-refractivity contribution in [2.24, 2.45) is 0 Å². The Morgan fingerprint density at radius 1 is 0.782 bits per heavy atom. The molecule has 0 atom stereocenters. The minimum atomic E-state index is -1.31. The highest BCUT2D eigenvalue weighted by Gasteiger charge is 2.28. The molecule has 6 rings (SSSR count). The Bertz CT molecular complexity index is 2040. The molecule has 55 heavy (non-hydrogen) atoms. The second kappa shape index (κ2) is 18.8. The summed E-state index contributed by atoms with van der Waals surface area (Å²) in [6.45, 7) is 18.4. The van der Waals surface area contributed by atoms with Crippen molar-refractivity contribution in [3.63, 3.8) is 0 Å². The number of halogens is 3. The maximum Gasteiger partial charge on any atom is 0.341 e. The number of allylic oxidation sites excluding steroid dienone is 2. The largest absolute Gasteiger partial charge is 0.458 e. The van der Waals surface area contributed by atoms with Crippen LogP contribution in [0.1, 0.15) is 40.3 Å². The van der Waals surface area contributed by atoms with Crippen LogP contribution in [0, 0.1) is 13.8 Å². The maximum atomic E-state index is 13.4. The first-order valence-corrected chi connectivity index (χ1v) is 18.6. The molecule has 0 radical (unpaired) electrons. The lowest BCUT2D eigenvalue weighted by Gasteiger charge is -2.27. The molecule has 4 heterocycles. The summed E-state index contributed by atoms with van der Waals surface area (Å²) in [5, 5.41) is 1.36. The van der Waals surface area contributed by atoms with E-state index in [0.717, 1.165) is 11.1 Å². The standard InChI is InChI=1S/C40H44Cl2N2O10.ClH/c1-6-8-26-18-28-23(3)30(20-43-10-14-48-15-11-43)39(46)53-37(28)33(41)35(26)51-32(22-50-25(5)45)52-36-27(9-7-2)19-29-24(4)31(21-44-12-16-49-17-13-44)40(47)54-38(29)34(36)42;/h6-7,18-19,32H,1-2,8-17,20-22H2,3-5H3;1H. The zero-order valence-electron chi connectivity index (χ0n) is 31.1. The van der Waals surface area contributed by atoms with E-state index in [1.807, 2.05) is 26.0 Å². The van der Waals surface area contributed by atoms with Crippen LogP contribution in [0.2, 0.25) is 10.0 Å². The fourth-order valence-electron chi connectivity index (χ4n) is 6.77. The molecule has 0 amide bonds. The average Bonchev–Trinajstić information content (AvgIpc) is 3.15. The Labute approximate surface area is 334 Å². The Kier molecular flexibility index (Phi) is 14.5. The SMILES string of the molecule is C=CCc1cc2c(C)c(CN3CCOCC3)c(=O)oc2c(Cl)c1OC(COC(C)=O)Oc1c(CC=C)cc2c(C)c(CN3CCOCC3)c(=O)oc2c1Cl.Cl. The van der Waals surface area contributed by atoms with Gasteiger partial charge in [0.1, 0.15) is 21.5 Å². The number of hydrogen-bond acceptors (Lipinski definition) is 12. The van der Waals surface area contributed by atoms with Crippen molar-refractivity contribution < 1.29 is 37.3 Å². The number of morpholine rings is 2. The van der Waals surface area contributed by atoms with Crippen LogP contribution in [0.3, 0.4) is 0 Å². The first-order valence-electron chi connectivity index (χ1n) is 17.8. The number of carbonyl (C=O) groups excluding carboxylic acids is 1. The Morgan fingerprint density at radius 3 is 1.55 bits per heavy atom. The van der Waals surface area contributed by atoms with E-state index in [1.54, 1.807) is 12.2 Å². The van der Waals surface area contributed by atoms with Crippen LogP contribution in [0.4, 0.5) is 0 Å². The topological polar surface area (TPSA) is 130 Å². The lowest BCUT2D eigenvalue weighted by Crippen LogP contribution is -2.37. The predicted octanol–water partition coefficient (Wildman–Crippen LogP) is 6.71. The second-order valence-electron chi connectivity index (χ2n) is 13.3. The lowest BCUT2D eigenvalue weighted by atomic mass is 10.0. The summed E-state index contributed by atoms with van der Waals surface area (Å²) in [5.41, 5.74) is 3.05. The summed E-state index contributed by atoms with van der Waals surface area (Å²) in [4.78, 5) is 43.1. The van der Waals surface area contributed by atoms with Crippen molar-refractivity contribution in [2.45, 2.75) is 53.0 Å². The summed E-state index contributed by atoms with van der Waals surface area (Å²) in [6.07, 6.45) is 2.73. The second-order valence-corrected chi connectivity index (χ2v) is 14.1. The molecule has 0 saturated carbocycles. The minimum Gasteiger partial charge on any atom is -0.458 e. The van der Waals surface area contributed by atoms with Crippen LogP contribution in [-0.4, -0.2) is 81.3 Å². The van der Waals surface area contributed by atoms with Crippen molar-refractivity contribution in [1.82, 2.24) is 9.80 Å². The normalized spacial score (nSPS) is 15.2. The first kappa shape index (κ1) is 42.3. The van der Waals surface area contributed by atoms with Gasteiger partial charge in [0.2, 0.25) is 0 Å². The van der Waals surface area contributed by atoms with E-state index in [-0.39, 0.29) is 51.7 Å². The molecular formula is C40H45Cl3N2O10. The molecular weight excluding hydrogens is 775 g/mol. The van der Waals surface area contributed by atoms with Crippen molar-refractivity contribution in [2.75, 3.05) is 59.2 Å². The summed E-state index contributed by atoms with van der Waals surface area (Å²) in [6, 6.07) is 3.70. The van der Waals surface area contributed by atoms with Crippen molar-refractivity contribution in [3.8, 4) is 11.5 Å². The molecule has 2 fully saturated rings. The Balaban J connectivity index is 0.00000580. The van der Waals surface area contributed by atoms with E-state index >= 15 is 0 Å². The van der Waals surface area contributed by atoms with E-state index in [1.165, 1.54) is 6.92 Å². The van der Waals surface area contributed by atoms with Crippen LogP contribution in [0.5, 0.6) is 11.5 Å². The van der Waals surface area contributed by atoms with Gasteiger partial charge >= 0.3 is 17.2 Å². The number of carbonyl (C=O) groups is 1. The summed E-state index contributed by atoms with van der Waals surface area (Å²) in [5.74, 6) is -0.299. The molecule has 2 aromatic carbocycles. The third-order valence-electron chi connectivity index (χ3n) is 9.72. The number of aryl methyl sites for hydroxylation is 2. The van der Waals surface area contributed by atoms with Gasteiger partial charge in [0.15, 0.2) is 17.8 Å². The number of esters is 1. The van der Waals surface area contributed by atoms with Gasteiger partial charge in [-0.15, -0.1) is 25.6 Å². The molecule has 0 N–H and O–H groups in total. The number of hydrogen-bond donors (Lipinski definition) is 0. The summed E-state index contributed by atoms with van der Waals surface area (Å²) in [7, 11) is 0. The van der Waals surface area contributed by atoms with Crippen molar-refractivity contribution in [3.05, 3.63) is 102 Å². The first-order chi connectivity index (χ1) is 26.0. The van der Waals surface area contributed by atoms with Gasteiger partial charge in [-0.05, 0) is 49.9 Å². The molecule has 0 aliphatic carbocycles. The van der Waals surface area contributed by atoms with Gasteiger partial charge in [-0.3, -0.25) is 14.6 Å². The maximum absolute atomic E-state index is 13.4. The van der Waals surface area contributed by atoms with Gasteiger partial charge < -0.3 is 32.5 Å². The number of nitrogens with zero attached hydrogens (tertiary/aromatic N) is 2. The van der Waals surface area contributed by atoms with Crippen molar-refractivity contribution in [1.29, 1.82) is 0 Å². The molecule has 0 unspecified atom stereocenters. The highest BCUT2D eigenvalue weighted by Crippen LogP contribution is 2.42. The van der Waals surface area contributed by atoms with Gasteiger partial charge in [-0.2, -0.15) is 0 Å². The predicted molar refractivity (Wildman–Crippen MR) is 213 cm³/mol. The Morgan fingerprint density at radius 2 is 1.18 bits per heavy atom. The molecule has 296 valence electrons. The molecule has 15 heteroatoms. The highest BCUT2D eigenvalue weighted by molar-refractivity contribution is 6.37. The monoisotopic (exact) mass is 818 g/mol. The van der Waals surface area contributed by atoms with Gasteiger partial charge in [0.05, 0.1) is 37.6 Å². The smallest absolute Gasteiger partial charge is 0.341 e. The van der Waals surface area contributed by atoms with E-state index in [9.17, 15) is 14.4 Å². The van der Waals surface area contributed by atoms with Crippen LogP contribution in [0.15, 0.2) is 55.9 Å². The minimum absolute atomic E-state index is 0. The fourth-order valence-corrected chi connectivity index (χ4v) is 7.39. The van der Waals surface area contributed by atoms with Crippen LogP contribution in [0.25, 0.3) is 21.9 Å². The van der Waals surface area contributed by atoms with Crippen LogP contribution in [-0.2, 0) is 44.9 Å². The number of benzene rings is 2. The van der Waals surface area contributed by atoms with Gasteiger partial charge in [0.25, 0.3) is 6.29 Å². The fraction of sp³-hybridized carbons (Fsp3) is 0.425. The summed E-state index contributed by atoms with van der Waals surface area (Å²) < 4.78 is 40.8. The Hall–Kier alpha value is -3.88. The van der Waals surface area contributed by atoms with E-state index in [2.05, 4.69) is 23.0 Å². The highest BCUT2D eigenvalue weighted by atomic mass is 35.5. The van der Waals surface area contributed by atoms with Gasteiger partial charge in [0, 0.05) is 68.1 Å². The number of rotatable bonds is 14. The quantitative estimate of drug-likeness (QED) is 0.0580. The van der Waals surface area contributed by atoms with Crippen molar-refractivity contribution >= 4 is 63.5 Å². The molecule has 0 bridgehead atoms. The molecule has 0 spiro atoms. The molecule has 2 aliphatic heterocycles. The van der Waals surface area contributed by atoms with E-state index in [4.69, 9.17) is 55.7 Å². The van der Waals surface area contributed by atoms with Crippen LogP contribution >= 0.6 is 35.6 Å². The zero-order chi connectivity index (χ0) is 38.5. The van der Waals surface area contributed by atoms with Crippen LogP contribution < -0.4 is 20.7 Å². The molecule has 2 aromatic heterocycles. The number of fused-ring (bicyclic) bond motifs is 2. The van der Waals surface area contributed by atoms with Gasteiger partial charge in [-0.25, -0.2) is 9.59 Å². The molecule has 4 aromatic rings. The number of ether oxygens (including phenoxy) is 5. The molecule has 12 nitrogen and oxygen atoms in total. The lowest BCUT2D eigenvalue weighted by molar-refractivity contribution is -0.149. The molecule has 2 saturated heterocycles. The van der Waals surface area contributed by atoms with Gasteiger partial charge in [-0.1, -0.05) is 35.4 Å². The third kappa shape index (κ3) is 9.40. The third-order valence-corrected chi connectivity index (χ3v) is 10.4. The summed E-state index contributed by atoms with van der Waals surface area (Å²) >= 11 is 14.0. The van der Waals surface area contributed by atoms with E-state index < -0.39 is 23.5 Å². The van der Waals surface area contributed by atoms with E-state index in [0.29, 0.717) is 112 Å². The molecule has 2 aliphatic rings.